The lowest BCUT2D eigenvalue weighted by atomic mass is 9.77. The minimum atomic E-state index is -1.21. The molecular formula is C39H36N2O4. The van der Waals surface area contributed by atoms with Crippen molar-refractivity contribution < 1.29 is 19.0 Å². The number of esters is 1. The van der Waals surface area contributed by atoms with Crippen LogP contribution in [0.2, 0.25) is 0 Å². The number of nitrogens with zero attached hydrogens (tertiary/aromatic N) is 2. The van der Waals surface area contributed by atoms with E-state index in [1.54, 1.807) is 7.11 Å². The number of rotatable bonds is 7. The monoisotopic (exact) mass is 596 g/mol. The van der Waals surface area contributed by atoms with E-state index in [0.29, 0.717) is 22.8 Å². The summed E-state index contributed by atoms with van der Waals surface area (Å²) in [6.07, 6.45) is 0. The highest BCUT2D eigenvalue weighted by Gasteiger charge is 2.54. The first-order valence-corrected chi connectivity index (χ1v) is 15.4. The lowest BCUT2D eigenvalue weighted by molar-refractivity contribution is 0.0224. The topological polar surface area (TPSA) is 51.2 Å². The number of aryl methyl sites for hydroxylation is 2. The van der Waals surface area contributed by atoms with Gasteiger partial charge in [0, 0.05) is 59.0 Å². The number of benzene rings is 5. The predicted molar refractivity (Wildman–Crippen MR) is 179 cm³/mol. The van der Waals surface area contributed by atoms with Crippen molar-refractivity contribution in [2.45, 2.75) is 33.3 Å². The maximum Gasteiger partial charge on any atom is 0.340 e. The van der Waals surface area contributed by atoms with Gasteiger partial charge in [0.05, 0.1) is 18.4 Å². The first-order chi connectivity index (χ1) is 21.9. The van der Waals surface area contributed by atoms with Crippen molar-refractivity contribution >= 4 is 28.7 Å². The smallest absolute Gasteiger partial charge is 0.340 e. The van der Waals surface area contributed by atoms with Gasteiger partial charge in [0.25, 0.3) is 0 Å². The van der Waals surface area contributed by atoms with E-state index in [9.17, 15) is 4.79 Å². The van der Waals surface area contributed by atoms with E-state index >= 15 is 0 Å². The Bertz CT molecular complexity index is 1900. The summed E-state index contributed by atoms with van der Waals surface area (Å²) in [4.78, 5) is 18.1. The van der Waals surface area contributed by atoms with Gasteiger partial charge in [-0.1, -0.05) is 54.6 Å². The Morgan fingerprint density at radius 2 is 1.31 bits per heavy atom. The van der Waals surface area contributed by atoms with Gasteiger partial charge < -0.3 is 24.0 Å². The van der Waals surface area contributed by atoms with Crippen molar-refractivity contribution in [3.63, 3.8) is 0 Å². The Morgan fingerprint density at radius 3 is 1.96 bits per heavy atom. The van der Waals surface area contributed by atoms with Crippen molar-refractivity contribution in [2.24, 2.45) is 0 Å². The normalized spacial score (nSPS) is 15.9. The van der Waals surface area contributed by atoms with Gasteiger partial charge >= 0.3 is 5.97 Å². The van der Waals surface area contributed by atoms with Crippen LogP contribution in [0.25, 0.3) is 0 Å². The van der Waals surface area contributed by atoms with Crippen molar-refractivity contribution in [3.8, 4) is 17.2 Å². The van der Waals surface area contributed by atoms with E-state index in [4.69, 9.17) is 14.2 Å². The molecule has 2 heterocycles. The molecule has 0 N–H and O–H groups in total. The molecule has 6 nitrogen and oxygen atoms in total. The molecule has 0 aliphatic carbocycles. The van der Waals surface area contributed by atoms with Crippen LogP contribution >= 0.6 is 0 Å². The van der Waals surface area contributed by atoms with Crippen LogP contribution < -0.4 is 19.3 Å². The van der Waals surface area contributed by atoms with Crippen LogP contribution in [0, 0.1) is 13.8 Å². The summed E-state index contributed by atoms with van der Waals surface area (Å²) in [6, 6.07) is 34.5. The molecule has 5 aromatic carbocycles. The summed E-state index contributed by atoms with van der Waals surface area (Å²) < 4.78 is 19.4. The molecule has 45 heavy (non-hydrogen) atoms. The lowest BCUT2D eigenvalue weighted by Crippen LogP contribution is -2.33. The largest absolute Gasteiger partial charge is 0.494 e. The van der Waals surface area contributed by atoms with Crippen molar-refractivity contribution in [1.82, 2.24) is 0 Å². The zero-order valence-electron chi connectivity index (χ0n) is 26.3. The maximum absolute atomic E-state index is 13.6. The molecule has 0 fully saturated rings. The standard InChI is InChI=1S/C39H36N2O4/c1-6-40(7-2)27-20-21-30-35(22-27)44-36-24-37(43-5)34(23-31(36)39(30)29-17-11-10-16-28(29)38(42)45-39)41(32-18-12-8-14-25(32)3)33-19-13-9-15-26(33)4/h8-24H,6-7H2,1-5H3. The molecule has 1 atom stereocenters. The average molecular weight is 597 g/mol. The lowest BCUT2D eigenvalue weighted by Gasteiger charge is -2.38. The Labute approximate surface area is 264 Å². The van der Waals surface area contributed by atoms with Gasteiger partial charge in [-0.2, -0.15) is 0 Å². The average Bonchev–Trinajstić information content (AvgIpc) is 3.35. The number of fused-ring (bicyclic) bond motifs is 6. The quantitative estimate of drug-likeness (QED) is 0.175. The minimum absolute atomic E-state index is 0.357. The molecule has 0 bridgehead atoms. The van der Waals surface area contributed by atoms with Crippen molar-refractivity contribution in [2.75, 3.05) is 30.0 Å². The summed E-state index contributed by atoms with van der Waals surface area (Å²) in [5.74, 6) is 1.51. The van der Waals surface area contributed by atoms with E-state index in [0.717, 1.165) is 63.7 Å². The summed E-state index contributed by atoms with van der Waals surface area (Å²) in [5.41, 5.74) is 7.79. The molecule has 6 heteroatoms. The summed E-state index contributed by atoms with van der Waals surface area (Å²) in [6.45, 7) is 10.2. The molecule has 1 unspecified atom stereocenters. The Hall–Kier alpha value is -5.23. The third kappa shape index (κ3) is 4.35. The SMILES string of the molecule is CCN(CC)c1ccc2c(c1)Oc1cc(OC)c(N(c3ccccc3C)c3ccccc3C)cc1C21OC(=O)c2ccccc21. The van der Waals surface area contributed by atoms with Crippen LogP contribution in [0.1, 0.15) is 52.0 Å². The summed E-state index contributed by atoms with van der Waals surface area (Å²) >= 11 is 0. The fourth-order valence-corrected chi connectivity index (χ4v) is 6.82. The van der Waals surface area contributed by atoms with Gasteiger partial charge in [-0.15, -0.1) is 0 Å². The van der Waals surface area contributed by atoms with E-state index in [1.165, 1.54) is 0 Å². The number of para-hydroxylation sites is 2. The van der Waals surface area contributed by atoms with E-state index in [2.05, 4.69) is 80.0 Å². The van der Waals surface area contributed by atoms with E-state index < -0.39 is 5.60 Å². The summed E-state index contributed by atoms with van der Waals surface area (Å²) in [5, 5.41) is 0. The van der Waals surface area contributed by atoms with E-state index in [1.807, 2.05) is 60.7 Å². The maximum atomic E-state index is 13.6. The number of ether oxygens (including phenoxy) is 3. The number of carbonyl (C=O) groups excluding carboxylic acids is 1. The predicted octanol–water partition coefficient (Wildman–Crippen LogP) is 9.20. The molecule has 0 amide bonds. The van der Waals surface area contributed by atoms with Crippen molar-refractivity contribution in [1.29, 1.82) is 0 Å². The highest BCUT2D eigenvalue weighted by atomic mass is 16.6. The number of carbonyl (C=O) groups is 1. The van der Waals surface area contributed by atoms with Crippen LogP contribution in [0.5, 0.6) is 17.2 Å². The van der Waals surface area contributed by atoms with Gasteiger partial charge in [0.15, 0.2) is 5.60 Å². The van der Waals surface area contributed by atoms with Gasteiger partial charge in [-0.05, 0) is 75.2 Å². The molecule has 0 saturated heterocycles. The highest BCUT2D eigenvalue weighted by Crippen LogP contribution is 2.59. The van der Waals surface area contributed by atoms with Crippen LogP contribution in [0.15, 0.2) is 103 Å². The molecular weight excluding hydrogens is 560 g/mol. The second-order valence-electron chi connectivity index (χ2n) is 11.5. The first-order valence-electron chi connectivity index (χ1n) is 15.4. The molecule has 1 spiro atoms. The van der Waals surface area contributed by atoms with Crippen LogP contribution in [0.3, 0.4) is 0 Å². The molecule has 226 valence electrons. The minimum Gasteiger partial charge on any atom is -0.494 e. The Balaban J connectivity index is 1.54. The molecule has 0 aromatic heterocycles. The molecule has 5 aromatic rings. The summed E-state index contributed by atoms with van der Waals surface area (Å²) in [7, 11) is 1.68. The first kappa shape index (κ1) is 28.5. The number of hydrogen-bond acceptors (Lipinski definition) is 6. The van der Waals surface area contributed by atoms with Gasteiger partial charge in [-0.3, -0.25) is 0 Å². The van der Waals surface area contributed by atoms with Crippen LogP contribution in [-0.2, 0) is 10.3 Å². The zero-order chi connectivity index (χ0) is 31.3. The number of methoxy groups -OCH3 is 1. The number of anilines is 4. The second kappa shape index (κ2) is 11.0. The molecule has 7 rings (SSSR count). The van der Waals surface area contributed by atoms with Gasteiger partial charge in [0.2, 0.25) is 0 Å². The molecule has 2 aliphatic heterocycles. The third-order valence-corrected chi connectivity index (χ3v) is 9.08. The van der Waals surface area contributed by atoms with Crippen LogP contribution in [-0.4, -0.2) is 26.2 Å². The van der Waals surface area contributed by atoms with Gasteiger partial charge in [0.1, 0.15) is 17.2 Å². The number of hydrogen-bond donors (Lipinski definition) is 0. The Kier molecular flexibility index (Phi) is 7.00. The zero-order valence-corrected chi connectivity index (χ0v) is 26.3. The third-order valence-electron chi connectivity index (χ3n) is 9.08. The second-order valence-corrected chi connectivity index (χ2v) is 11.5. The molecule has 0 saturated carbocycles. The highest BCUT2D eigenvalue weighted by molar-refractivity contribution is 5.97. The van der Waals surface area contributed by atoms with Crippen molar-refractivity contribution in [3.05, 3.63) is 137 Å². The fourth-order valence-electron chi connectivity index (χ4n) is 6.82. The van der Waals surface area contributed by atoms with Crippen LogP contribution in [0.4, 0.5) is 22.7 Å². The van der Waals surface area contributed by atoms with E-state index in [-0.39, 0.29) is 5.97 Å². The Morgan fingerprint density at radius 1 is 0.689 bits per heavy atom. The molecule has 2 aliphatic rings. The molecule has 0 radical (unpaired) electrons. The fraction of sp³-hybridized carbons (Fsp3) is 0.205. The van der Waals surface area contributed by atoms with Gasteiger partial charge in [-0.25, -0.2) is 4.79 Å².